The van der Waals surface area contributed by atoms with Crippen LogP contribution in [-0.4, -0.2) is 48.2 Å². The van der Waals surface area contributed by atoms with E-state index in [0.717, 1.165) is 19.5 Å². The molecule has 0 aromatic carbocycles. The lowest BCUT2D eigenvalue weighted by molar-refractivity contribution is 0.114. The highest BCUT2D eigenvalue weighted by Crippen LogP contribution is 2.42. The number of carbonyl (C=O) groups is 1. The van der Waals surface area contributed by atoms with Gasteiger partial charge in [-0.1, -0.05) is 0 Å². The van der Waals surface area contributed by atoms with Crippen LogP contribution in [-0.2, 0) is 0 Å². The van der Waals surface area contributed by atoms with Crippen LogP contribution < -0.4 is 16.4 Å². The Morgan fingerprint density at radius 1 is 1.12 bits per heavy atom. The lowest BCUT2D eigenvalue weighted by Crippen LogP contribution is -2.49. The number of nitrogens with two attached hydrogens (primary N) is 1. The summed E-state index contributed by atoms with van der Waals surface area (Å²) in [5.74, 6) is -3.41. The molecule has 4 unspecified atom stereocenters. The third kappa shape index (κ3) is 3.06. The number of halogens is 3. The summed E-state index contributed by atoms with van der Waals surface area (Å²) in [6.07, 6.45) is 2.68. The van der Waals surface area contributed by atoms with E-state index in [1.807, 2.05) is 0 Å². The first kappa shape index (κ1) is 16.9. The molecule has 138 valence electrons. The van der Waals surface area contributed by atoms with Gasteiger partial charge in [-0.2, -0.15) is 0 Å². The van der Waals surface area contributed by atoms with Crippen molar-refractivity contribution in [3.63, 3.8) is 0 Å². The first-order valence-corrected chi connectivity index (χ1v) is 8.90. The standard InChI is InChI=1S/C17H23F3N4O/c18-11-5-13(20)12(19)4-10(11)9-2-1-8(3-14(9)21)24-6-15-16(7-24)23-17(25)22-15/h5,8-10,14-16H,1-4,6-7,21H2,(H2,22,23,25)/t8-,9+,10?,14?,15?,16?/m0/s1. The number of rotatable bonds is 2. The third-order valence-corrected chi connectivity index (χ3v) is 6.22. The summed E-state index contributed by atoms with van der Waals surface area (Å²) in [6.45, 7) is 1.57. The van der Waals surface area contributed by atoms with Crippen LogP contribution in [0.15, 0.2) is 23.6 Å². The number of hydrogen-bond acceptors (Lipinski definition) is 3. The Morgan fingerprint density at radius 3 is 2.44 bits per heavy atom. The molecule has 2 aliphatic heterocycles. The quantitative estimate of drug-likeness (QED) is 0.707. The first-order valence-electron chi connectivity index (χ1n) is 8.90. The van der Waals surface area contributed by atoms with Crippen LogP contribution in [0.5, 0.6) is 0 Å². The molecule has 8 heteroatoms. The van der Waals surface area contributed by atoms with Crippen molar-refractivity contribution in [1.82, 2.24) is 15.5 Å². The van der Waals surface area contributed by atoms with Crippen LogP contribution in [0.4, 0.5) is 18.0 Å². The molecule has 0 spiro atoms. The van der Waals surface area contributed by atoms with Gasteiger partial charge in [0.1, 0.15) is 11.7 Å². The fourth-order valence-electron chi connectivity index (χ4n) is 4.89. The largest absolute Gasteiger partial charge is 0.332 e. The van der Waals surface area contributed by atoms with E-state index >= 15 is 0 Å². The van der Waals surface area contributed by atoms with Crippen LogP contribution in [0, 0.1) is 11.8 Å². The molecular formula is C17H23F3N4O. The molecule has 4 aliphatic rings. The first-order chi connectivity index (χ1) is 11.9. The van der Waals surface area contributed by atoms with Gasteiger partial charge in [0.05, 0.1) is 12.1 Å². The molecule has 2 aliphatic carbocycles. The summed E-state index contributed by atoms with van der Waals surface area (Å²) < 4.78 is 40.9. The fourth-order valence-corrected chi connectivity index (χ4v) is 4.89. The number of allylic oxidation sites excluding steroid dienone is 4. The number of amides is 2. The highest BCUT2D eigenvalue weighted by atomic mass is 19.2. The smallest absolute Gasteiger partial charge is 0.315 e. The second kappa shape index (κ2) is 6.32. The van der Waals surface area contributed by atoms with Crippen molar-refractivity contribution >= 4 is 6.03 Å². The van der Waals surface area contributed by atoms with Gasteiger partial charge in [-0.05, 0) is 25.2 Å². The Morgan fingerprint density at radius 2 is 1.80 bits per heavy atom. The molecule has 2 heterocycles. The van der Waals surface area contributed by atoms with Gasteiger partial charge in [-0.15, -0.1) is 0 Å². The second-order valence-electron chi connectivity index (χ2n) is 7.67. The van der Waals surface area contributed by atoms with Gasteiger partial charge in [0, 0.05) is 43.6 Å². The molecule has 3 fully saturated rings. The molecule has 2 amide bonds. The van der Waals surface area contributed by atoms with Gasteiger partial charge in [-0.25, -0.2) is 18.0 Å². The Hall–Kier alpha value is -1.54. The van der Waals surface area contributed by atoms with E-state index in [1.165, 1.54) is 0 Å². The van der Waals surface area contributed by atoms with E-state index in [4.69, 9.17) is 5.73 Å². The van der Waals surface area contributed by atoms with E-state index in [0.29, 0.717) is 18.9 Å². The minimum absolute atomic E-state index is 0.114. The molecule has 0 aromatic heterocycles. The predicted octanol–water partition coefficient (Wildman–Crippen LogP) is 1.87. The normalized spacial score (nSPS) is 42.1. The number of nitrogens with zero attached hydrogens (tertiary/aromatic N) is 1. The number of fused-ring (bicyclic) bond motifs is 1. The average molecular weight is 356 g/mol. The van der Waals surface area contributed by atoms with Gasteiger partial charge in [0.2, 0.25) is 0 Å². The van der Waals surface area contributed by atoms with Crippen LogP contribution in [0.25, 0.3) is 0 Å². The summed E-state index contributed by atoms with van der Waals surface area (Å²) >= 11 is 0. The van der Waals surface area contributed by atoms with Gasteiger partial charge >= 0.3 is 6.03 Å². The number of carbonyl (C=O) groups excluding carboxylic acids is 1. The maximum atomic E-state index is 14.1. The Balaban J connectivity index is 1.37. The summed E-state index contributed by atoms with van der Waals surface area (Å²) in [5.41, 5.74) is 6.31. The lowest BCUT2D eigenvalue weighted by Gasteiger charge is -2.41. The molecule has 0 radical (unpaired) electrons. The van der Waals surface area contributed by atoms with Crippen molar-refractivity contribution < 1.29 is 18.0 Å². The van der Waals surface area contributed by atoms with Crippen molar-refractivity contribution in [2.45, 2.75) is 49.9 Å². The van der Waals surface area contributed by atoms with Crippen molar-refractivity contribution in [1.29, 1.82) is 0 Å². The molecule has 1 saturated carbocycles. The van der Waals surface area contributed by atoms with Crippen molar-refractivity contribution in [3.05, 3.63) is 23.6 Å². The molecular weight excluding hydrogens is 333 g/mol. The second-order valence-corrected chi connectivity index (χ2v) is 7.67. The van der Waals surface area contributed by atoms with Crippen molar-refractivity contribution in [2.75, 3.05) is 13.1 Å². The molecule has 4 N–H and O–H groups in total. The summed E-state index contributed by atoms with van der Waals surface area (Å²) in [4.78, 5) is 13.7. The maximum Gasteiger partial charge on any atom is 0.315 e. The Labute approximate surface area is 144 Å². The van der Waals surface area contributed by atoms with E-state index < -0.39 is 23.4 Å². The summed E-state index contributed by atoms with van der Waals surface area (Å²) in [7, 11) is 0. The fraction of sp³-hybridized carbons (Fsp3) is 0.706. The number of urea groups is 1. The van der Waals surface area contributed by atoms with Crippen LogP contribution in [0.2, 0.25) is 0 Å². The third-order valence-electron chi connectivity index (χ3n) is 6.22. The SMILES string of the molecule is NC1C[C@@H](N2CC3NC(=O)NC3C2)CC[C@@H]1C1CC(F)=C(F)C=C1F. The van der Waals surface area contributed by atoms with Gasteiger partial charge in [0.25, 0.3) is 0 Å². The molecule has 0 bridgehead atoms. The van der Waals surface area contributed by atoms with E-state index in [-0.39, 0.29) is 42.5 Å². The van der Waals surface area contributed by atoms with Gasteiger partial charge in [-0.3, -0.25) is 4.90 Å². The van der Waals surface area contributed by atoms with Gasteiger partial charge in [0.15, 0.2) is 5.83 Å². The number of likely N-dealkylation sites (tertiary alicyclic amines) is 1. The van der Waals surface area contributed by atoms with Crippen molar-refractivity contribution in [3.8, 4) is 0 Å². The Bertz CT molecular complexity index is 621. The Kier molecular flexibility index (Phi) is 4.27. The molecule has 25 heavy (non-hydrogen) atoms. The predicted molar refractivity (Wildman–Crippen MR) is 86.5 cm³/mol. The van der Waals surface area contributed by atoms with E-state index in [1.54, 1.807) is 0 Å². The zero-order valence-corrected chi connectivity index (χ0v) is 13.9. The van der Waals surface area contributed by atoms with Gasteiger partial charge < -0.3 is 16.4 Å². The van der Waals surface area contributed by atoms with Crippen LogP contribution >= 0.6 is 0 Å². The molecule has 4 rings (SSSR count). The highest BCUT2D eigenvalue weighted by Gasteiger charge is 2.45. The highest BCUT2D eigenvalue weighted by molar-refractivity contribution is 5.77. The number of nitrogens with one attached hydrogen (secondary N) is 2. The zero-order valence-electron chi connectivity index (χ0n) is 13.9. The maximum absolute atomic E-state index is 14.1. The number of hydrogen-bond donors (Lipinski definition) is 3. The summed E-state index contributed by atoms with van der Waals surface area (Å²) in [5, 5.41) is 5.82. The summed E-state index contributed by atoms with van der Waals surface area (Å²) in [6, 6.07) is 0.171. The van der Waals surface area contributed by atoms with Crippen LogP contribution in [0.1, 0.15) is 25.7 Å². The zero-order chi connectivity index (χ0) is 17.7. The average Bonchev–Trinajstić information content (AvgIpc) is 3.08. The minimum Gasteiger partial charge on any atom is -0.332 e. The lowest BCUT2D eigenvalue weighted by atomic mass is 9.72. The van der Waals surface area contributed by atoms with E-state index in [2.05, 4.69) is 15.5 Å². The topological polar surface area (TPSA) is 70.4 Å². The van der Waals surface area contributed by atoms with Crippen LogP contribution in [0.3, 0.4) is 0 Å². The molecule has 2 saturated heterocycles. The minimum atomic E-state index is -1.10. The monoisotopic (exact) mass is 356 g/mol. The molecule has 0 aromatic rings. The molecule has 6 atom stereocenters. The van der Waals surface area contributed by atoms with E-state index in [9.17, 15) is 18.0 Å². The van der Waals surface area contributed by atoms with Crippen molar-refractivity contribution in [2.24, 2.45) is 17.6 Å². The molecule has 5 nitrogen and oxygen atoms in total.